The van der Waals surface area contributed by atoms with Crippen molar-refractivity contribution in [3.05, 3.63) is 35.9 Å². The first-order valence-electron chi connectivity index (χ1n) is 10.1. The zero-order valence-corrected chi connectivity index (χ0v) is 15.4. The molecule has 1 unspecified atom stereocenters. The van der Waals surface area contributed by atoms with Crippen molar-refractivity contribution in [2.75, 3.05) is 0 Å². The highest BCUT2D eigenvalue weighted by Gasteiger charge is 2.24. The van der Waals surface area contributed by atoms with Gasteiger partial charge in [0.1, 0.15) is 0 Å². The molecule has 3 heteroatoms. The van der Waals surface area contributed by atoms with Crippen molar-refractivity contribution in [1.29, 1.82) is 0 Å². The molecule has 1 aromatic carbocycles. The Labute approximate surface area is 152 Å². The summed E-state index contributed by atoms with van der Waals surface area (Å²) in [6.45, 7) is 0. The van der Waals surface area contributed by atoms with Gasteiger partial charge >= 0.3 is 11.9 Å². The van der Waals surface area contributed by atoms with Gasteiger partial charge in [-0.3, -0.25) is 9.59 Å². The lowest BCUT2D eigenvalue weighted by Crippen LogP contribution is -2.20. The molecule has 138 valence electrons. The number of benzene rings is 1. The topological polar surface area (TPSA) is 43.4 Å². The van der Waals surface area contributed by atoms with Crippen LogP contribution in [0.5, 0.6) is 0 Å². The third-order valence-corrected chi connectivity index (χ3v) is 5.07. The van der Waals surface area contributed by atoms with Gasteiger partial charge in [0.15, 0.2) is 0 Å². The molecule has 0 amide bonds. The molecular weight excluding hydrogens is 312 g/mol. The second-order valence-electron chi connectivity index (χ2n) is 7.18. The van der Waals surface area contributed by atoms with Crippen LogP contribution in [0.1, 0.15) is 95.0 Å². The second-order valence-corrected chi connectivity index (χ2v) is 7.18. The van der Waals surface area contributed by atoms with Crippen molar-refractivity contribution in [2.45, 2.75) is 89.4 Å². The highest BCUT2D eigenvalue weighted by molar-refractivity contribution is 5.89. The van der Waals surface area contributed by atoms with E-state index in [1.807, 2.05) is 30.3 Å². The Bertz CT molecular complexity index is 509. The van der Waals surface area contributed by atoms with Crippen LogP contribution in [0.15, 0.2) is 30.3 Å². The fourth-order valence-corrected chi connectivity index (χ4v) is 3.55. The van der Waals surface area contributed by atoms with E-state index in [1.165, 1.54) is 44.9 Å². The van der Waals surface area contributed by atoms with Crippen LogP contribution in [-0.2, 0) is 14.3 Å². The Balaban J connectivity index is 1.96. The predicted octanol–water partition coefficient (Wildman–Crippen LogP) is 5.92. The molecule has 1 aliphatic rings. The Morgan fingerprint density at radius 3 is 1.80 bits per heavy atom. The van der Waals surface area contributed by atoms with Gasteiger partial charge in [-0.25, -0.2) is 0 Å². The summed E-state index contributed by atoms with van der Waals surface area (Å²) in [4.78, 5) is 24.5. The van der Waals surface area contributed by atoms with Gasteiger partial charge in [-0.1, -0.05) is 94.5 Å². The number of hydrogen-bond acceptors (Lipinski definition) is 3. The van der Waals surface area contributed by atoms with Crippen molar-refractivity contribution >= 4 is 11.9 Å². The average Bonchev–Trinajstić information content (AvgIpc) is 2.62. The number of esters is 2. The third kappa shape index (κ3) is 7.85. The van der Waals surface area contributed by atoms with Crippen LogP contribution in [-0.4, -0.2) is 11.9 Å². The monoisotopic (exact) mass is 344 g/mol. The lowest BCUT2D eigenvalue weighted by molar-refractivity contribution is -0.161. The van der Waals surface area contributed by atoms with Crippen LogP contribution < -0.4 is 0 Å². The zero-order chi connectivity index (χ0) is 17.7. The summed E-state index contributed by atoms with van der Waals surface area (Å²) >= 11 is 0. The third-order valence-electron chi connectivity index (χ3n) is 5.07. The molecule has 0 spiro atoms. The van der Waals surface area contributed by atoms with Crippen LogP contribution in [0.2, 0.25) is 0 Å². The normalized spacial score (nSPS) is 22.8. The van der Waals surface area contributed by atoms with Crippen LogP contribution in [0.4, 0.5) is 0 Å². The first-order valence-corrected chi connectivity index (χ1v) is 10.1. The average molecular weight is 344 g/mol. The van der Waals surface area contributed by atoms with Gasteiger partial charge in [0.2, 0.25) is 0 Å². The maximum Gasteiger partial charge on any atom is 0.321 e. The van der Waals surface area contributed by atoms with Crippen molar-refractivity contribution in [2.24, 2.45) is 0 Å². The number of cyclic esters (lactones) is 2. The number of hydrogen-bond donors (Lipinski definition) is 0. The molecule has 0 aromatic heterocycles. The molecule has 1 saturated heterocycles. The van der Waals surface area contributed by atoms with Gasteiger partial charge in [0.25, 0.3) is 0 Å². The molecule has 0 bridgehead atoms. The first kappa shape index (κ1) is 19.7. The van der Waals surface area contributed by atoms with Gasteiger partial charge in [-0.15, -0.1) is 0 Å². The van der Waals surface area contributed by atoms with E-state index in [4.69, 9.17) is 4.74 Å². The van der Waals surface area contributed by atoms with E-state index in [-0.39, 0.29) is 17.9 Å². The minimum Gasteiger partial charge on any atom is -0.393 e. The molecule has 1 fully saturated rings. The number of ether oxygens (including phenoxy) is 1. The van der Waals surface area contributed by atoms with Gasteiger partial charge < -0.3 is 4.74 Å². The fourth-order valence-electron chi connectivity index (χ4n) is 3.55. The lowest BCUT2D eigenvalue weighted by atomic mass is 9.93. The summed E-state index contributed by atoms with van der Waals surface area (Å²) < 4.78 is 5.17. The van der Waals surface area contributed by atoms with E-state index in [9.17, 15) is 9.59 Å². The molecule has 0 radical (unpaired) electrons. The van der Waals surface area contributed by atoms with E-state index in [2.05, 4.69) is 0 Å². The molecule has 3 nitrogen and oxygen atoms in total. The summed E-state index contributed by atoms with van der Waals surface area (Å²) in [6, 6.07) is 9.73. The smallest absolute Gasteiger partial charge is 0.321 e. The standard InChI is InChI=1S/C22H32O3/c23-21-18-14-9-7-5-3-1-2-4-6-8-13-17-20(22(24)25-21)19-15-11-10-12-16-19/h10-12,15-16,20H,1-9,13-14,17-18H2. The maximum absolute atomic E-state index is 12.5. The van der Waals surface area contributed by atoms with Crippen LogP contribution in [0.25, 0.3) is 0 Å². The van der Waals surface area contributed by atoms with E-state index >= 15 is 0 Å². The van der Waals surface area contributed by atoms with Gasteiger partial charge in [0.05, 0.1) is 5.92 Å². The SMILES string of the molecule is O=C1CCCCCCCCCCCCCC(c2ccccc2)C(=O)O1. The summed E-state index contributed by atoms with van der Waals surface area (Å²) in [5.41, 5.74) is 0.957. The van der Waals surface area contributed by atoms with Crippen molar-refractivity contribution < 1.29 is 14.3 Å². The number of rotatable bonds is 1. The number of carbonyl (C=O) groups excluding carboxylic acids is 2. The second kappa shape index (κ2) is 11.8. The largest absolute Gasteiger partial charge is 0.393 e. The minimum absolute atomic E-state index is 0.319. The summed E-state index contributed by atoms with van der Waals surface area (Å²) in [5, 5.41) is 0. The lowest BCUT2D eigenvalue weighted by Gasteiger charge is -2.15. The highest BCUT2D eigenvalue weighted by Crippen LogP contribution is 2.25. The fraction of sp³-hybridized carbons (Fsp3) is 0.636. The quantitative estimate of drug-likeness (QED) is 0.469. The molecule has 2 rings (SSSR count). The van der Waals surface area contributed by atoms with Crippen LogP contribution in [0.3, 0.4) is 0 Å². The van der Waals surface area contributed by atoms with Gasteiger partial charge in [-0.05, 0) is 18.4 Å². The van der Waals surface area contributed by atoms with E-state index in [0.717, 1.165) is 37.7 Å². The summed E-state index contributed by atoms with van der Waals surface area (Å²) in [6.07, 6.45) is 14.0. The highest BCUT2D eigenvalue weighted by atomic mass is 16.6. The van der Waals surface area contributed by atoms with E-state index < -0.39 is 0 Å². The molecule has 1 aliphatic heterocycles. The molecule has 0 aliphatic carbocycles. The van der Waals surface area contributed by atoms with Gasteiger partial charge in [-0.2, -0.15) is 0 Å². The summed E-state index contributed by atoms with van der Waals surface area (Å²) in [7, 11) is 0. The summed E-state index contributed by atoms with van der Waals surface area (Å²) in [5.74, 6) is -1.06. The Kier molecular flexibility index (Phi) is 9.32. The first-order chi connectivity index (χ1) is 12.3. The van der Waals surface area contributed by atoms with E-state index in [0.29, 0.717) is 6.42 Å². The molecule has 1 atom stereocenters. The van der Waals surface area contributed by atoms with Crippen molar-refractivity contribution in [3.8, 4) is 0 Å². The van der Waals surface area contributed by atoms with Crippen LogP contribution in [0, 0.1) is 0 Å². The number of carbonyl (C=O) groups is 2. The molecule has 1 heterocycles. The molecule has 25 heavy (non-hydrogen) atoms. The van der Waals surface area contributed by atoms with Crippen molar-refractivity contribution in [3.63, 3.8) is 0 Å². The Morgan fingerprint density at radius 2 is 1.20 bits per heavy atom. The molecule has 0 N–H and O–H groups in total. The van der Waals surface area contributed by atoms with Gasteiger partial charge in [0, 0.05) is 6.42 Å². The molecule has 1 aromatic rings. The minimum atomic E-state index is -0.375. The van der Waals surface area contributed by atoms with Crippen LogP contribution >= 0.6 is 0 Å². The predicted molar refractivity (Wildman–Crippen MR) is 100 cm³/mol. The van der Waals surface area contributed by atoms with E-state index in [1.54, 1.807) is 0 Å². The Hall–Kier alpha value is -1.64. The maximum atomic E-state index is 12.5. The zero-order valence-electron chi connectivity index (χ0n) is 15.4. The Morgan fingerprint density at radius 1 is 0.680 bits per heavy atom. The van der Waals surface area contributed by atoms with Crippen molar-refractivity contribution in [1.82, 2.24) is 0 Å². The molecular formula is C22H32O3. The molecule has 0 saturated carbocycles.